The lowest BCUT2D eigenvalue weighted by molar-refractivity contribution is -0.147. The third-order valence-corrected chi connectivity index (χ3v) is 4.83. The van der Waals surface area contributed by atoms with Crippen molar-refractivity contribution < 1.29 is 39.5 Å². The number of rotatable bonds is 7. The summed E-state index contributed by atoms with van der Waals surface area (Å²) in [6.07, 6.45) is -1.60. The number of aliphatic hydroxyl groups is 3. The van der Waals surface area contributed by atoms with Crippen LogP contribution < -0.4 is 10.6 Å². The molecule has 152 valence electrons. The Balaban J connectivity index is 2.03. The fourth-order valence-corrected chi connectivity index (χ4v) is 3.40. The van der Waals surface area contributed by atoms with E-state index in [9.17, 15) is 29.7 Å². The van der Waals surface area contributed by atoms with E-state index in [2.05, 4.69) is 10.6 Å². The van der Waals surface area contributed by atoms with E-state index in [0.717, 1.165) is 31.8 Å². The van der Waals surface area contributed by atoms with Crippen molar-refractivity contribution in [1.82, 2.24) is 10.6 Å². The highest BCUT2D eigenvalue weighted by molar-refractivity contribution is 5.84. The van der Waals surface area contributed by atoms with E-state index in [4.69, 9.17) is 9.84 Å². The van der Waals surface area contributed by atoms with Crippen LogP contribution in [-0.2, 0) is 19.1 Å². The molecule has 5 atom stereocenters. The lowest BCUT2D eigenvalue weighted by Gasteiger charge is -2.38. The summed E-state index contributed by atoms with van der Waals surface area (Å²) in [4.78, 5) is 34.5. The van der Waals surface area contributed by atoms with Crippen molar-refractivity contribution >= 4 is 17.8 Å². The molecule has 1 aliphatic carbocycles. The number of ether oxygens (including phenoxy) is 1. The van der Waals surface area contributed by atoms with Gasteiger partial charge in [-0.3, -0.25) is 9.59 Å². The predicted octanol–water partition coefficient (Wildman–Crippen LogP) is -1.75. The molecule has 2 aliphatic rings. The maximum atomic E-state index is 12.0. The maximum absolute atomic E-state index is 12.0. The second-order valence-corrected chi connectivity index (χ2v) is 6.92. The van der Waals surface area contributed by atoms with Gasteiger partial charge in [-0.2, -0.15) is 0 Å². The molecule has 1 saturated carbocycles. The summed E-state index contributed by atoms with van der Waals surface area (Å²) in [6.45, 7) is 0.913. The van der Waals surface area contributed by atoms with Gasteiger partial charge >= 0.3 is 5.97 Å². The largest absolute Gasteiger partial charge is 0.478 e. The highest BCUT2D eigenvalue weighted by Crippen LogP contribution is 2.25. The lowest BCUT2D eigenvalue weighted by Crippen LogP contribution is -2.60. The zero-order chi connectivity index (χ0) is 20.1. The fraction of sp³-hybridized carbons (Fsp3) is 0.706. The first-order chi connectivity index (χ1) is 12.7. The van der Waals surface area contributed by atoms with Crippen molar-refractivity contribution in [3.05, 3.63) is 11.8 Å². The van der Waals surface area contributed by atoms with Gasteiger partial charge in [-0.1, -0.05) is 12.8 Å². The molecule has 27 heavy (non-hydrogen) atoms. The molecule has 0 aromatic rings. The van der Waals surface area contributed by atoms with E-state index < -0.39 is 48.1 Å². The molecular formula is C17H26N2O8. The number of hydrogen-bond acceptors (Lipinski definition) is 7. The van der Waals surface area contributed by atoms with E-state index in [-0.39, 0.29) is 18.4 Å². The smallest absolute Gasteiger partial charge is 0.370 e. The number of nitrogens with one attached hydrogen (secondary N) is 2. The molecule has 0 saturated heterocycles. The molecule has 0 spiro atoms. The number of carboxylic acid groups (broad SMARTS) is 1. The van der Waals surface area contributed by atoms with Crippen LogP contribution in [0.25, 0.3) is 0 Å². The van der Waals surface area contributed by atoms with Crippen molar-refractivity contribution in [1.29, 1.82) is 0 Å². The zero-order valence-electron chi connectivity index (χ0n) is 15.0. The fourth-order valence-electron chi connectivity index (χ4n) is 3.40. The van der Waals surface area contributed by atoms with Crippen LogP contribution in [0.3, 0.4) is 0 Å². The van der Waals surface area contributed by atoms with Gasteiger partial charge in [-0.15, -0.1) is 0 Å². The molecule has 2 rings (SSSR count). The molecule has 2 amide bonds. The SMILES string of the molecule is CC(=O)NC1C([C@@H](O)[C@@H](O)CNC(=O)C2CCCC2)OC(C(=O)O)=C[C@H]1O. The average molecular weight is 386 g/mol. The molecule has 1 aliphatic heterocycles. The molecule has 0 aromatic heterocycles. The summed E-state index contributed by atoms with van der Waals surface area (Å²) in [5.74, 6) is -2.92. The van der Waals surface area contributed by atoms with Gasteiger partial charge in [0.1, 0.15) is 18.3 Å². The Labute approximate surface area is 156 Å². The van der Waals surface area contributed by atoms with Crippen molar-refractivity contribution in [3.8, 4) is 0 Å². The van der Waals surface area contributed by atoms with Gasteiger partial charge in [0, 0.05) is 19.4 Å². The summed E-state index contributed by atoms with van der Waals surface area (Å²) in [6, 6.07) is -1.17. The third-order valence-electron chi connectivity index (χ3n) is 4.83. The Kier molecular flexibility index (Phi) is 7.17. The average Bonchev–Trinajstić information content (AvgIpc) is 3.14. The minimum atomic E-state index is -1.66. The van der Waals surface area contributed by atoms with Gasteiger partial charge in [-0.05, 0) is 18.9 Å². The molecule has 1 fully saturated rings. The van der Waals surface area contributed by atoms with Crippen molar-refractivity contribution in [2.24, 2.45) is 5.92 Å². The maximum Gasteiger partial charge on any atom is 0.370 e. The van der Waals surface area contributed by atoms with Gasteiger partial charge in [-0.25, -0.2) is 4.79 Å². The van der Waals surface area contributed by atoms with E-state index >= 15 is 0 Å². The van der Waals surface area contributed by atoms with Crippen LogP contribution in [0.5, 0.6) is 0 Å². The normalized spacial score (nSPS) is 27.9. The van der Waals surface area contributed by atoms with E-state index in [1.54, 1.807) is 0 Å². The molecule has 6 N–H and O–H groups in total. The Morgan fingerprint density at radius 1 is 1.26 bits per heavy atom. The topological polar surface area (TPSA) is 165 Å². The second kappa shape index (κ2) is 9.16. The third kappa shape index (κ3) is 5.41. The monoisotopic (exact) mass is 386 g/mol. The highest BCUT2D eigenvalue weighted by Gasteiger charge is 2.43. The number of carbonyl (C=O) groups excluding carboxylic acids is 2. The van der Waals surface area contributed by atoms with Gasteiger partial charge in [0.15, 0.2) is 6.10 Å². The predicted molar refractivity (Wildman–Crippen MR) is 91.2 cm³/mol. The van der Waals surface area contributed by atoms with Crippen LogP contribution in [-0.4, -0.2) is 75.2 Å². The highest BCUT2D eigenvalue weighted by atomic mass is 16.5. The number of aliphatic carboxylic acids is 1. The minimum absolute atomic E-state index is 0.115. The molecule has 10 heteroatoms. The van der Waals surface area contributed by atoms with E-state index in [0.29, 0.717) is 0 Å². The minimum Gasteiger partial charge on any atom is -0.478 e. The van der Waals surface area contributed by atoms with Crippen LogP contribution in [0, 0.1) is 5.92 Å². The molecule has 0 bridgehead atoms. The van der Waals surface area contributed by atoms with E-state index in [1.165, 1.54) is 6.92 Å². The Morgan fingerprint density at radius 2 is 1.89 bits per heavy atom. The number of carbonyl (C=O) groups is 3. The summed E-state index contributed by atoms with van der Waals surface area (Å²) < 4.78 is 5.19. The van der Waals surface area contributed by atoms with Crippen LogP contribution in [0.4, 0.5) is 0 Å². The van der Waals surface area contributed by atoms with Gasteiger partial charge in [0.05, 0.1) is 6.04 Å². The van der Waals surface area contributed by atoms with Crippen LogP contribution >= 0.6 is 0 Å². The number of amides is 2. The van der Waals surface area contributed by atoms with Crippen molar-refractivity contribution in [2.45, 2.75) is 63.1 Å². The lowest BCUT2D eigenvalue weighted by atomic mass is 9.93. The van der Waals surface area contributed by atoms with E-state index in [1.807, 2.05) is 0 Å². The molecule has 10 nitrogen and oxygen atoms in total. The first-order valence-electron chi connectivity index (χ1n) is 8.91. The van der Waals surface area contributed by atoms with Gasteiger partial charge < -0.3 is 35.8 Å². The summed E-state index contributed by atoms with van der Waals surface area (Å²) in [5.41, 5.74) is 0. The molecule has 0 radical (unpaired) electrons. The standard InChI is InChI=1S/C17H26N2O8/c1-8(20)19-13-10(21)6-12(17(25)26)27-15(13)14(23)11(22)7-18-16(24)9-4-2-3-5-9/h6,9-11,13-15,21-23H,2-5,7H2,1H3,(H,18,24)(H,19,20)(H,25,26)/t10-,11+,13?,14+,15?/m1/s1. The number of carboxylic acids is 1. The quantitative estimate of drug-likeness (QED) is 0.300. The van der Waals surface area contributed by atoms with Crippen LogP contribution in [0.1, 0.15) is 32.6 Å². The van der Waals surface area contributed by atoms with Gasteiger partial charge in [0.2, 0.25) is 17.6 Å². The van der Waals surface area contributed by atoms with Crippen molar-refractivity contribution in [2.75, 3.05) is 6.54 Å². The number of aliphatic hydroxyl groups excluding tert-OH is 3. The Hall–Kier alpha value is -2.17. The molecule has 0 aromatic carbocycles. The van der Waals surface area contributed by atoms with Crippen LogP contribution in [0.15, 0.2) is 11.8 Å². The molecule has 2 unspecified atom stereocenters. The Morgan fingerprint density at radius 3 is 2.44 bits per heavy atom. The van der Waals surface area contributed by atoms with Crippen molar-refractivity contribution in [3.63, 3.8) is 0 Å². The van der Waals surface area contributed by atoms with Gasteiger partial charge in [0.25, 0.3) is 0 Å². The Bertz CT molecular complexity index is 602. The molecule has 1 heterocycles. The summed E-state index contributed by atoms with van der Waals surface area (Å²) in [7, 11) is 0. The number of hydrogen-bond donors (Lipinski definition) is 6. The molecular weight excluding hydrogens is 360 g/mol. The van der Waals surface area contributed by atoms with Crippen LogP contribution in [0.2, 0.25) is 0 Å². The zero-order valence-corrected chi connectivity index (χ0v) is 15.0. The summed E-state index contributed by atoms with van der Waals surface area (Å²) >= 11 is 0. The summed E-state index contributed by atoms with van der Waals surface area (Å²) in [5, 5.41) is 44.7. The first kappa shape index (κ1) is 21.1. The second-order valence-electron chi connectivity index (χ2n) is 6.92. The first-order valence-corrected chi connectivity index (χ1v) is 8.91.